The molecule has 4 nitrogen and oxygen atoms in total. The van der Waals surface area contributed by atoms with Crippen LogP contribution in [0.25, 0.3) is 0 Å². The summed E-state index contributed by atoms with van der Waals surface area (Å²) in [5.41, 5.74) is 0. The van der Waals surface area contributed by atoms with Gasteiger partial charge < -0.3 is 10.4 Å². The van der Waals surface area contributed by atoms with Gasteiger partial charge in [-0.05, 0) is 6.42 Å². The molecule has 1 atom stereocenters. The fourth-order valence-electron chi connectivity index (χ4n) is 1.31. The van der Waals surface area contributed by atoms with Crippen LogP contribution in [-0.4, -0.2) is 48.5 Å². The van der Waals surface area contributed by atoms with Crippen molar-refractivity contribution < 1.29 is 14.3 Å². The van der Waals surface area contributed by atoms with Gasteiger partial charge in [-0.2, -0.15) is 0 Å². The second-order valence-corrected chi connectivity index (χ2v) is 2.92. The predicted molar refractivity (Wildman–Crippen MR) is 42.0 cm³/mol. The molecule has 1 aliphatic rings. The first kappa shape index (κ1) is 9.25. The maximum absolute atomic E-state index is 12.6. The molecule has 1 unspecified atom stereocenters. The van der Waals surface area contributed by atoms with Gasteiger partial charge >= 0.3 is 6.09 Å². The Bertz CT molecular complexity index is 165. The molecule has 12 heavy (non-hydrogen) atoms. The smallest absolute Gasteiger partial charge is 0.404 e. The van der Waals surface area contributed by atoms with Crippen molar-refractivity contribution in [1.82, 2.24) is 10.2 Å². The SMILES string of the molecule is O=C(O)NCCN1CCC(F)C1. The van der Waals surface area contributed by atoms with Gasteiger partial charge in [0.1, 0.15) is 6.17 Å². The third kappa shape index (κ3) is 3.04. The molecule has 1 aliphatic heterocycles. The standard InChI is InChI=1S/C7H13FN2O2/c8-6-1-3-10(5-6)4-2-9-7(11)12/h6,9H,1-5H2,(H,11,12). The van der Waals surface area contributed by atoms with E-state index in [1.807, 2.05) is 4.90 Å². The van der Waals surface area contributed by atoms with Crippen LogP contribution in [-0.2, 0) is 0 Å². The van der Waals surface area contributed by atoms with Gasteiger partial charge in [0, 0.05) is 26.2 Å². The third-order valence-electron chi connectivity index (χ3n) is 1.92. The highest BCUT2D eigenvalue weighted by molar-refractivity contribution is 5.64. The molecule has 2 N–H and O–H groups in total. The van der Waals surface area contributed by atoms with Crippen LogP contribution in [0.3, 0.4) is 0 Å². The normalized spacial score (nSPS) is 24.2. The van der Waals surface area contributed by atoms with Crippen LogP contribution < -0.4 is 5.32 Å². The van der Waals surface area contributed by atoms with Crippen molar-refractivity contribution in [3.63, 3.8) is 0 Å². The van der Waals surface area contributed by atoms with E-state index >= 15 is 0 Å². The molecule has 1 rings (SSSR count). The molecule has 70 valence electrons. The fourth-order valence-corrected chi connectivity index (χ4v) is 1.31. The maximum Gasteiger partial charge on any atom is 0.404 e. The maximum atomic E-state index is 12.6. The Balaban J connectivity index is 2.04. The number of halogens is 1. The predicted octanol–water partition coefficient (Wildman–Crippen LogP) is 0.298. The molecule has 1 fully saturated rings. The summed E-state index contributed by atoms with van der Waals surface area (Å²) in [7, 11) is 0. The van der Waals surface area contributed by atoms with E-state index in [0.29, 0.717) is 26.1 Å². The first-order valence-electron chi connectivity index (χ1n) is 4.01. The van der Waals surface area contributed by atoms with E-state index in [1.165, 1.54) is 0 Å². The average Bonchev–Trinajstić information content (AvgIpc) is 2.35. The Hall–Kier alpha value is -0.840. The molecule has 0 aromatic carbocycles. The van der Waals surface area contributed by atoms with Crippen molar-refractivity contribution in [3.8, 4) is 0 Å². The molecule has 0 bridgehead atoms. The van der Waals surface area contributed by atoms with Gasteiger partial charge in [0.05, 0.1) is 0 Å². The van der Waals surface area contributed by atoms with Crippen molar-refractivity contribution in [2.75, 3.05) is 26.2 Å². The second-order valence-electron chi connectivity index (χ2n) is 2.92. The minimum absolute atomic E-state index is 0.377. The zero-order valence-electron chi connectivity index (χ0n) is 6.79. The van der Waals surface area contributed by atoms with Crippen LogP contribution in [0.4, 0.5) is 9.18 Å². The Labute approximate surface area is 70.4 Å². The number of carboxylic acid groups (broad SMARTS) is 1. The highest BCUT2D eigenvalue weighted by Gasteiger charge is 2.20. The minimum Gasteiger partial charge on any atom is -0.465 e. The summed E-state index contributed by atoms with van der Waals surface area (Å²) in [4.78, 5) is 12.0. The highest BCUT2D eigenvalue weighted by Crippen LogP contribution is 2.10. The van der Waals surface area contributed by atoms with Crippen molar-refractivity contribution >= 4 is 6.09 Å². The Morgan fingerprint density at radius 2 is 2.50 bits per heavy atom. The van der Waals surface area contributed by atoms with E-state index in [0.717, 1.165) is 6.54 Å². The summed E-state index contributed by atoms with van der Waals surface area (Å²) in [5.74, 6) is 0. The van der Waals surface area contributed by atoms with E-state index in [-0.39, 0.29) is 0 Å². The van der Waals surface area contributed by atoms with Crippen molar-refractivity contribution in [2.45, 2.75) is 12.6 Å². The van der Waals surface area contributed by atoms with Crippen molar-refractivity contribution in [1.29, 1.82) is 0 Å². The van der Waals surface area contributed by atoms with Gasteiger partial charge in [0.2, 0.25) is 0 Å². The Kier molecular flexibility index (Phi) is 3.28. The number of hydrogen-bond acceptors (Lipinski definition) is 2. The molecule has 0 saturated carbocycles. The lowest BCUT2D eigenvalue weighted by Gasteiger charge is -2.13. The summed E-state index contributed by atoms with van der Waals surface area (Å²) < 4.78 is 12.6. The number of rotatable bonds is 3. The van der Waals surface area contributed by atoms with Crippen LogP contribution in [0.2, 0.25) is 0 Å². The zero-order chi connectivity index (χ0) is 8.97. The van der Waals surface area contributed by atoms with Gasteiger partial charge in [-0.1, -0.05) is 0 Å². The molecular weight excluding hydrogens is 163 g/mol. The highest BCUT2D eigenvalue weighted by atomic mass is 19.1. The van der Waals surface area contributed by atoms with E-state index in [1.54, 1.807) is 0 Å². The van der Waals surface area contributed by atoms with Gasteiger partial charge in [0.25, 0.3) is 0 Å². The molecule has 1 amide bonds. The molecule has 1 saturated heterocycles. The molecule has 0 radical (unpaired) electrons. The van der Waals surface area contributed by atoms with E-state index in [9.17, 15) is 9.18 Å². The fraction of sp³-hybridized carbons (Fsp3) is 0.857. The largest absolute Gasteiger partial charge is 0.465 e. The number of nitrogens with one attached hydrogen (secondary N) is 1. The molecule has 0 aromatic rings. The Morgan fingerprint density at radius 3 is 3.00 bits per heavy atom. The number of alkyl halides is 1. The van der Waals surface area contributed by atoms with Gasteiger partial charge in [0.15, 0.2) is 0 Å². The van der Waals surface area contributed by atoms with Crippen LogP contribution in [0.15, 0.2) is 0 Å². The summed E-state index contributed by atoms with van der Waals surface area (Å²) in [6.45, 7) is 2.17. The number of hydrogen-bond donors (Lipinski definition) is 2. The van der Waals surface area contributed by atoms with Crippen molar-refractivity contribution in [3.05, 3.63) is 0 Å². The van der Waals surface area contributed by atoms with E-state index in [2.05, 4.69) is 5.32 Å². The lowest BCUT2D eigenvalue weighted by molar-refractivity contribution is 0.192. The topological polar surface area (TPSA) is 52.6 Å². The molecule has 1 heterocycles. The van der Waals surface area contributed by atoms with Crippen LogP contribution in [0.5, 0.6) is 0 Å². The summed E-state index contributed by atoms with van der Waals surface area (Å²) in [6.07, 6.45) is -1.17. The number of amides is 1. The molecule has 0 spiro atoms. The quantitative estimate of drug-likeness (QED) is 0.650. The van der Waals surface area contributed by atoms with Gasteiger partial charge in [-0.3, -0.25) is 4.90 Å². The van der Waals surface area contributed by atoms with Crippen LogP contribution in [0.1, 0.15) is 6.42 Å². The Morgan fingerprint density at radius 1 is 1.75 bits per heavy atom. The molecule has 0 aromatic heterocycles. The summed E-state index contributed by atoms with van der Waals surface area (Å²) >= 11 is 0. The van der Waals surface area contributed by atoms with Crippen molar-refractivity contribution in [2.24, 2.45) is 0 Å². The van der Waals surface area contributed by atoms with Gasteiger partial charge in [-0.15, -0.1) is 0 Å². The third-order valence-corrected chi connectivity index (χ3v) is 1.92. The molecule has 0 aliphatic carbocycles. The van der Waals surface area contributed by atoms with Gasteiger partial charge in [-0.25, -0.2) is 9.18 Å². The molecular formula is C7H13FN2O2. The zero-order valence-corrected chi connectivity index (χ0v) is 6.79. The minimum atomic E-state index is -1.02. The monoisotopic (exact) mass is 176 g/mol. The van der Waals surface area contributed by atoms with E-state index < -0.39 is 12.3 Å². The number of carbonyl (C=O) groups is 1. The van der Waals surface area contributed by atoms with Crippen LogP contribution in [0, 0.1) is 0 Å². The summed E-state index contributed by atoms with van der Waals surface area (Å²) in [6, 6.07) is 0. The first-order chi connectivity index (χ1) is 5.68. The lowest BCUT2D eigenvalue weighted by Crippen LogP contribution is -2.33. The van der Waals surface area contributed by atoms with E-state index in [4.69, 9.17) is 5.11 Å². The lowest BCUT2D eigenvalue weighted by atomic mass is 10.3. The summed E-state index contributed by atoms with van der Waals surface area (Å²) in [5, 5.41) is 10.5. The second kappa shape index (κ2) is 4.25. The average molecular weight is 176 g/mol. The number of nitrogens with zero attached hydrogens (tertiary/aromatic N) is 1. The molecule has 5 heteroatoms. The number of likely N-dealkylation sites (tertiary alicyclic amines) is 1. The van der Waals surface area contributed by atoms with Crippen LogP contribution >= 0.6 is 0 Å². The first-order valence-corrected chi connectivity index (χ1v) is 4.01.